The Bertz CT molecular complexity index is 507. The summed E-state index contributed by atoms with van der Waals surface area (Å²) in [7, 11) is 2.05. The van der Waals surface area contributed by atoms with Crippen molar-refractivity contribution in [3.05, 3.63) is 35.4 Å². The lowest BCUT2D eigenvalue weighted by molar-refractivity contribution is -0.137. The van der Waals surface area contributed by atoms with E-state index in [0.29, 0.717) is 18.0 Å². The number of hydrogen-bond acceptors (Lipinski definition) is 3. The van der Waals surface area contributed by atoms with Crippen molar-refractivity contribution in [2.45, 2.75) is 19.6 Å². The zero-order chi connectivity index (χ0) is 17.0. The van der Waals surface area contributed by atoms with Crippen LogP contribution in [0.4, 0.5) is 13.2 Å². The van der Waals surface area contributed by atoms with E-state index in [-0.39, 0.29) is 12.5 Å². The minimum atomic E-state index is -4.30. The molecule has 0 amide bonds. The van der Waals surface area contributed by atoms with Crippen LogP contribution in [0.15, 0.2) is 24.3 Å². The molecule has 1 aliphatic rings. The Morgan fingerprint density at radius 1 is 1.26 bits per heavy atom. The van der Waals surface area contributed by atoms with Crippen LogP contribution >= 0.6 is 0 Å². The Labute approximate surface area is 135 Å². The van der Waals surface area contributed by atoms with E-state index in [0.717, 1.165) is 32.2 Å². The predicted octanol–water partition coefficient (Wildman–Crippen LogP) is 2.70. The van der Waals surface area contributed by atoms with Crippen LogP contribution in [0.5, 0.6) is 0 Å². The number of alkyl halides is 3. The van der Waals surface area contributed by atoms with Gasteiger partial charge in [-0.2, -0.15) is 13.2 Å². The number of rotatable bonds is 6. The molecule has 1 N–H and O–H groups in total. The van der Waals surface area contributed by atoms with Gasteiger partial charge in [-0.3, -0.25) is 4.90 Å². The second-order valence-electron chi connectivity index (χ2n) is 6.45. The average Bonchev–Trinajstić information content (AvgIpc) is 2.88. The molecule has 0 spiro atoms. The molecule has 0 aromatic heterocycles. The van der Waals surface area contributed by atoms with E-state index >= 15 is 0 Å². The van der Waals surface area contributed by atoms with Crippen LogP contribution in [0.25, 0.3) is 0 Å². The van der Waals surface area contributed by atoms with Crippen LogP contribution < -0.4 is 0 Å². The molecule has 2 atom stereocenters. The summed E-state index contributed by atoms with van der Waals surface area (Å²) in [4.78, 5) is 4.35. The fourth-order valence-electron chi connectivity index (χ4n) is 3.21. The van der Waals surface area contributed by atoms with Crippen molar-refractivity contribution in [1.29, 1.82) is 0 Å². The Balaban J connectivity index is 2.01. The maximum atomic E-state index is 12.8. The summed E-state index contributed by atoms with van der Waals surface area (Å²) in [5, 5.41) is 9.56. The molecule has 0 radical (unpaired) electrons. The molecule has 3 nitrogen and oxygen atoms in total. The fraction of sp³-hybridized carbons (Fsp3) is 0.647. The average molecular weight is 330 g/mol. The van der Waals surface area contributed by atoms with Crippen LogP contribution in [-0.2, 0) is 12.7 Å². The SMILES string of the molecule is CCN(C)C[C@@H]1CN(Cc2cccc(C(F)(F)F)c2)C[C@@H]1CO. The maximum Gasteiger partial charge on any atom is 0.416 e. The first-order valence-electron chi connectivity index (χ1n) is 8.01. The molecule has 23 heavy (non-hydrogen) atoms. The van der Waals surface area contributed by atoms with Gasteiger partial charge in [0, 0.05) is 32.8 Å². The van der Waals surface area contributed by atoms with Gasteiger partial charge in [0.1, 0.15) is 0 Å². The van der Waals surface area contributed by atoms with Gasteiger partial charge in [-0.05, 0) is 37.1 Å². The number of aliphatic hydroxyl groups excluding tert-OH is 1. The van der Waals surface area contributed by atoms with Gasteiger partial charge < -0.3 is 10.0 Å². The van der Waals surface area contributed by atoms with E-state index in [1.165, 1.54) is 12.1 Å². The van der Waals surface area contributed by atoms with Gasteiger partial charge in [0.05, 0.1) is 5.56 Å². The van der Waals surface area contributed by atoms with Gasteiger partial charge in [-0.15, -0.1) is 0 Å². The molecule has 0 unspecified atom stereocenters. The van der Waals surface area contributed by atoms with E-state index in [1.807, 2.05) is 7.05 Å². The highest BCUT2D eigenvalue weighted by molar-refractivity contribution is 5.25. The van der Waals surface area contributed by atoms with E-state index in [4.69, 9.17) is 0 Å². The third-order valence-electron chi connectivity index (χ3n) is 4.63. The predicted molar refractivity (Wildman–Crippen MR) is 84.0 cm³/mol. The summed E-state index contributed by atoms with van der Waals surface area (Å²) in [5.41, 5.74) is 0.0659. The van der Waals surface area contributed by atoms with E-state index < -0.39 is 11.7 Å². The monoisotopic (exact) mass is 330 g/mol. The molecular formula is C17H25F3N2O. The van der Waals surface area contributed by atoms with E-state index in [9.17, 15) is 18.3 Å². The van der Waals surface area contributed by atoms with Crippen molar-refractivity contribution >= 4 is 0 Å². The van der Waals surface area contributed by atoms with Gasteiger partial charge in [0.2, 0.25) is 0 Å². The molecule has 1 aliphatic heterocycles. The van der Waals surface area contributed by atoms with Gasteiger partial charge in [0.15, 0.2) is 0 Å². The third-order valence-corrected chi connectivity index (χ3v) is 4.63. The molecule has 1 heterocycles. The normalized spacial score (nSPS) is 22.9. The molecule has 130 valence electrons. The van der Waals surface area contributed by atoms with Crippen LogP contribution in [0.2, 0.25) is 0 Å². The Morgan fingerprint density at radius 3 is 2.57 bits per heavy atom. The smallest absolute Gasteiger partial charge is 0.396 e. The highest BCUT2D eigenvalue weighted by Crippen LogP contribution is 2.31. The summed E-state index contributed by atoms with van der Waals surface area (Å²) in [5.74, 6) is 0.547. The highest BCUT2D eigenvalue weighted by atomic mass is 19.4. The quantitative estimate of drug-likeness (QED) is 0.869. The number of benzene rings is 1. The van der Waals surface area contributed by atoms with Crippen molar-refractivity contribution in [3.8, 4) is 0 Å². The number of hydrogen-bond donors (Lipinski definition) is 1. The molecule has 0 saturated carbocycles. The van der Waals surface area contributed by atoms with Crippen LogP contribution in [0, 0.1) is 11.8 Å². The number of likely N-dealkylation sites (tertiary alicyclic amines) is 1. The molecule has 1 aromatic carbocycles. The van der Waals surface area contributed by atoms with Gasteiger partial charge in [0.25, 0.3) is 0 Å². The summed E-state index contributed by atoms with van der Waals surface area (Å²) < 4.78 is 38.4. The van der Waals surface area contributed by atoms with Crippen LogP contribution in [0.1, 0.15) is 18.1 Å². The largest absolute Gasteiger partial charge is 0.416 e. The van der Waals surface area contributed by atoms with Crippen LogP contribution in [0.3, 0.4) is 0 Å². The van der Waals surface area contributed by atoms with Crippen molar-refractivity contribution < 1.29 is 18.3 Å². The maximum absolute atomic E-state index is 12.8. The lowest BCUT2D eigenvalue weighted by Gasteiger charge is -2.22. The number of aliphatic hydroxyl groups is 1. The van der Waals surface area contributed by atoms with Crippen molar-refractivity contribution in [3.63, 3.8) is 0 Å². The first kappa shape index (κ1) is 18.2. The second kappa shape index (κ2) is 7.64. The molecular weight excluding hydrogens is 305 g/mol. The van der Waals surface area contributed by atoms with E-state index in [2.05, 4.69) is 16.7 Å². The molecule has 0 bridgehead atoms. The molecule has 1 aromatic rings. The highest BCUT2D eigenvalue weighted by Gasteiger charge is 2.33. The zero-order valence-corrected chi connectivity index (χ0v) is 13.7. The molecule has 1 saturated heterocycles. The molecule has 0 aliphatic carbocycles. The molecule has 2 rings (SSSR count). The van der Waals surface area contributed by atoms with Crippen molar-refractivity contribution in [2.24, 2.45) is 11.8 Å². The van der Waals surface area contributed by atoms with Gasteiger partial charge >= 0.3 is 6.18 Å². The summed E-state index contributed by atoms with van der Waals surface area (Å²) in [6, 6.07) is 5.51. The fourth-order valence-corrected chi connectivity index (χ4v) is 3.21. The van der Waals surface area contributed by atoms with Crippen molar-refractivity contribution in [2.75, 3.05) is 39.8 Å². The summed E-state index contributed by atoms with van der Waals surface area (Å²) in [6.07, 6.45) is -4.30. The Kier molecular flexibility index (Phi) is 6.06. The second-order valence-corrected chi connectivity index (χ2v) is 6.45. The van der Waals surface area contributed by atoms with Crippen LogP contribution in [-0.4, -0.2) is 54.7 Å². The molecule has 1 fully saturated rings. The molecule has 6 heteroatoms. The first-order valence-corrected chi connectivity index (χ1v) is 8.01. The van der Waals surface area contributed by atoms with Crippen molar-refractivity contribution in [1.82, 2.24) is 9.80 Å². The summed E-state index contributed by atoms with van der Waals surface area (Å²) >= 11 is 0. The third kappa shape index (κ3) is 4.93. The Morgan fingerprint density at radius 2 is 1.96 bits per heavy atom. The minimum absolute atomic E-state index is 0.126. The summed E-state index contributed by atoms with van der Waals surface area (Å²) in [6.45, 7) is 6.10. The standard InChI is InChI=1S/C17H25F3N2O/c1-3-21(2)9-14-10-22(11-15(14)12-23)8-13-5-4-6-16(7-13)17(18,19)20/h4-7,14-15,23H,3,8-12H2,1-2H3/t14-,15-/m1/s1. The minimum Gasteiger partial charge on any atom is -0.396 e. The number of nitrogens with zero attached hydrogens (tertiary/aromatic N) is 2. The lowest BCUT2D eigenvalue weighted by atomic mass is 9.96. The van der Waals surface area contributed by atoms with E-state index in [1.54, 1.807) is 6.07 Å². The topological polar surface area (TPSA) is 26.7 Å². The number of halogens is 3. The first-order chi connectivity index (χ1) is 10.8. The van der Waals surface area contributed by atoms with Gasteiger partial charge in [-0.25, -0.2) is 0 Å². The Hall–Kier alpha value is -1.11. The van der Waals surface area contributed by atoms with Gasteiger partial charge in [-0.1, -0.05) is 25.1 Å². The zero-order valence-electron chi connectivity index (χ0n) is 13.7. The lowest BCUT2D eigenvalue weighted by Crippen LogP contribution is -2.31.